The van der Waals surface area contributed by atoms with E-state index in [1.165, 1.54) is 0 Å². The van der Waals surface area contributed by atoms with Crippen LogP contribution in [0, 0.1) is 0 Å². The van der Waals surface area contributed by atoms with E-state index in [1.54, 1.807) is 0 Å². The molecule has 102 heavy (non-hydrogen) atoms. The molecule has 1 aliphatic carbocycles. The van der Waals surface area contributed by atoms with Gasteiger partial charge < -0.3 is 14.2 Å². The highest BCUT2D eigenvalue weighted by Crippen LogP contribution is 2.50. The van der Waals surface area contributed by atoms with Gasteiger partial charge in [-0.3, -0.25) is 4.98 Å². The van der Waals surface area contributed by atoms with Crippen LogP contribution < -0.4 is 5.32 Å². The number of furan rings is 2. The normalized spacial score (nSPS) is 13.3. The minimum Gasteiger partial charge on any atom is -0.455 e. The molecule has 2 aliphatic rings. The largest absolute Gasteiger partial charge is 0.455 e. The second kappa shape index (κ2) is 24.0. The van der Waals surface area contributed by atoms with E-state index < -0.39 is 0 Å². The van der Waals surface area contributed by atoms with Crippen LogP contribution in [0.15, 0.2) is 336 Å². The molecular formula is C92H56N8O2. The van der Waals surface area contributed by atoms with Crippen molar-refractivity contribution in [1.29, 1.82) is 0 Å². The number of fused-ring (bicyclic) bond motifs is 10. The maximum atomic E-state index is 7.15. The van der Waals surface area contributed by atoms with E-state index in [0.29, 0.717) is 34.9 Å². The summed E-state index contributed by atoms with van der Waals surface area (Å²) in [6.07, 6.45) is 14.4. The third-order valence-electron chi connectivity index (χ3n) is 19.9. The molecule has 0 spiro atoms. The van der Waals surface area contributed by atoms with Gasteiger partial charge in [0.25, 0.3) is 0 Å². The number of rotatable bonds is 11. The van der Waals surface area contributed by atoms with Crippen molar-refractivity contribution in [3.63, 3.8) is 0 Å². The van der Waals surface area contributed by atoms with Gasteiger partial charge in [0.1, 0.15) is 16.7 Å². The summed E-state index contributed by atoms with van der Waals surface area (Å²) in [4.78, 5) is 35.7. The Morgan fingerprint density at radius 2 is 0.755 bits per heavy atom. The van der Waals surface area contributed by atoms with E-state index in [1.807, 2.05) is 97.3 Å². The summed E-state index contributed by atoms with van der Waals surface area (Å²) in [5.74, 6) is 4.37. The summed E-state index contributed by atoms with van der Waals surface area (Å²) >= 11 is 0. The maximum Gasteiger partial charge on any atom is 0.164 e. The summed E-state index contributed by atoms with van der Waals surface area (Å²) in [7, 11) is 0. The van der Waals surface area contributed by atoms with E-state index in [-0.39, 0.29) is 6.04 Å². The van der Waals surface area contributed by atoms with E-state index in [9.17, 15) is 0 Å². The Morgan fingerprint density at radius 1 is 0.304 bits per heavy atom. The standard InChI is InChI=1S/C92H56N8O2/c1-5-20-56(21-6-1)66-40-45-75(83-84-81(102-86(66)83)52-64-28-13-18-35-79(64)94-84)73-43-47-77(71-34-17-15-32-69(71)73)92-99-89(59-26-11-4-12-27-59)96-90(100-92)60-38-36-55(37-39-60)61-29-19-30-63(50-61)67-41-44-74(82-78-51-62-48-49-93-54-65(62)53-80(78)101-85(67)82)72-42-46-76(70-33-16-14-31-68(70)72)91-97-87(57-22-7-2-8-23-57)95-88(98-91)58-24-9-3-10-25-58/h1-54,79,94H. The minimum absolute atomic E-state index is 0.0306. The van der Waals surface area contributed by atoms with E-state index in [4.69, 9.17) is 38.7 Å². The fraction of sp³-hybridized carbons (Fsp3) is 0.0109. The number of hydrogen-bond donors (Lipinski definition) is 1. The molecule has 0 saturated carbocycles. The smallest absolute Gasteiger partial charge is 0.164 e. The molecule has 1 N–H and O–H groups in total. The third-order valence-corrected chi connectivity index (χ3v) is 19.9. The third kappa shape index (κ3) is 9.99. The van der Waals surface area contributed by atoms with Crippen LogP contribution in [0.25, 0.3) is 195 Å². The SMILES string of the molecule is C1=CC2=Cc3oc4c(-c5ccccc5)ccc(-c5ccc(-c6nc(-c7ccccc7)nc(-c7ccc(-c8cccc(-c9ccc(-c%10ccc(-c%11nc(-c%12ccccc%12)nc(-c%12ccccc%12)n%11)c%11ccccc%10%11)c%10c9oc9cc%11cnccc%11cc9%10)c8)cc7)n6)c6ccccc56)c4c3NC2C=C1. The molecule has 6 heterocycles. The molecule has 1 unspecified atom stereocenters. The first-order chi connectivity index (χ1) is 50.5. The van der Waals surface area contributed by atoms with Crippen molar-refractivity contribution in [3.05, 3.63) is 333 Å². The Kier molecular flexibility index (Phi) is 13.7. The van der Waals surface area contributed by atoms with Crippen molar-refractivity contribution in [3.8, 4) is 124 Å². The predicted octanol–water partition coefficient (Wildman–Crippen LogP) is 23.2. The van der Waals surface area contributed by atoms with Crippen LogP contribution in [-0.2, 0) is 0 Å². The van der Waals surface area contributed by atoms with E-state index >= 15 is 0 Å². The van der Waals surface area contributed by atoms with Crippen LogP contribution in [0.3, 0.4) is 0 Å². The Labute approximate surface area is 585 Å². The number of pyridine rings is 1. The lowest BCUT2D eigenvalue weighted by Crippen LogP contribution is -2.22. The van der Waals surface area contributed by atoms with Crippen molar-refractivity contribution >= 4 is 77.0 Å². The highest BCUT2D eigenvalue weighted by atomic mass is 16.3. The molecule has 0 fully saturated rings. The summed E-state index contributed by atoms with van der Waals surface area (Å²) in [5, 5.41) is 13.2. The maximum absolute atomic E-state index is 7.15. The molecule has 0 amide bonds. The molecule has 0 radical (unpaired) electrons. The number of nitrogens with zero attached hydrogens (tertiary/aromatic N) is 7. The lowest BCUT2D eigenvalue weighted by molar-refractivity contribution is 0.603. The summed E-state index contributed by atoms with van der Waals surface area (Å²) in [5.41, 5.74) is 20.4. The minimum atomic E-state index is 0.0306. The van der Waals surface area contributed by atoms with Crippen molar-refractivity contribution in [2.75, 3.05) is 5.32 Å². The molecule has 1 atom stereocenters. The second-order valence-electron chi connectivity index (χ2n) is 25.9. The first kappa shape index (κ1) is 58.3. The van der Waals surface area contributed by atoms with Gasteiger partial charge in [0.05, 0.1) is 17.1 Å². The highest BCUT2D eigenvalue weighted by molar-refractivity contribution is 6.21. The van der Waals surface area contributed by atoms with Gasteiger partial charge in [-0.05, 0) is 132 Å². The molecule has 0 saturated heterocycles. The van der Waals surface area contributed by atoms with Gasteiger partial charge in [0, 0.05) is 73.1 Å². The zero-order valence-electron chi connectivity index (χ0n) is 54.7. The van der Waals surface area contributed by atoms with Crippen LogP contribution in [0.1, 0.15) is 5.76 Å². The van der Waals surface area contributed by atoms with E-state index in [0.717, 1.165) is 171 Å². The van der Waals surface area contributed by atoms with Crippen molar-refractivity contribution < 1.29 is 8.83 Å². The topological polar surface area (TPSA) is 129 Å². The molecule has 20 rings (SSSR count). The Hall–Kier alpha value is -13.8. The molecule has 10 nitrogen and oxygen atoms in total. The molecule has 0 bridgehead atoms. The molecule has 476 valence electrons. The van der Waals surface area contributed by atoms with Crippen LogP contribution in [0.5, 0.6) is 0 Å². The highest BCUT2D eigenvalue weighted by Gasteiger charge is 2.29. The summed E-state index contributed by atoms with van der Waals surface area (Å²) in [6, 6.07) is 99.3. The number of hydrogen-bond acceptors (Lipinski definition) is 10. The van der Waals surface area contributed by atoms with Gasteiger partial charge in [-0.2, -0.15) is 0 Å². The Bertz CT molecular complexity index is 6460. The number of allylic oxidation sites excluding steroid dienone is 2. The van der Waals surface area contributed by atoms with Crippen LogP contribution in [0.4, 0.5) is 5.69 Å². The molecule has 13 aromatic carbocycles. The zero-order valence-corrected chi connectivity index (χ0v) is 54.7. The van der Waals surface area contributed by atoms with Gasteiger partial charge in [0.15, 0.2) is 40.7 Å². The predicted molar refractivity (Wildman–Crippen MR) is 414 cm³/mol. The average Bonchev–Trinajstić information content (AvgIpc) is 1.54. The van der Waals surface area contributed by atoms with Gasteiger partial charge in [0.2, 0.25) is 0 Å². The fourth-order valence-corrected chi connectivity index (χ4v) is 15.0. The number of aromatic nitrogens is 7. The van der Waals surface area contributed by atoms with Gasteiger partial charge in [-0.25, -0.2) is 29.9 Å². The molecule has 10 heteroatoms. The van der Waals surface area contributed by atoms with Gasteiger partial charge in [-0.1, -0.05) is 261 Å². The van der Waals surface area contributed by atoms with E-state index in [2.05, 4.69) is 241 Å². The number of nitrogens with one attached hydrogen (secondary N) is 1. The Morgan fingerprint density at radius 3 is 1.34 bits per heavy atom. The quantitative estimate of drug-likeness (QED) is 0.134. The first-order valence-electron chi connectivity index (χ1n) is 34.2. The summed E-state index contributed by atoms with van der Waals surface area (Å²) < 4.78 is 14.1. The van der Waals surface area contributed by atoms with Gasteiger partial charge >= 0.3 is 0 Å². The average molecular weight is 1310 g/mol. The van der Waals surface area contributed by atoms with Crippen molar-refractivity contribution in [2.45, 2.75) is 6.04 Å². The fourth-order valence-electron chi connectivity index (χ4n) is 15.0. The van der Waals surface area contributed by atoms with Crippen LogP contribution in [0.2, 0.25) is 0 Å². The Balaban J connectivity index is 0.675. The van der Waals surface area contributed by atoms with Crippen molar-refractivity contribution in [1.82, 2.24) is 34.9 Å². The zero-order chi connectivity index (χ0) is 67.2. The van der Waals surface area contributed by atoms with Crippen LogP contribution in [-0.4, -0.2) is 40.9 Å². The monoisotopic (exact) mass is 1300 g/mol. The first-order valence-corrected chi connectivity index (χ1v) is 34.2. The lowest BCUT2D eigenvalue weighted by atomic mass is 9.89. The second-order valence-corrected chi connectivity index (χ2v) is 25.9. The molecule has 18 aromatic rings. The lowest BCUT2D eigenvalue weighted by Gasteiger charge is -2.24. The number of benzene rings is 13. The summed E-state index contributed by atoms with van der Waals surface area (Å²) in [6.45, 7) is 0. The molecule has 5 aromatic heterocycles. The molecular weight excluding hydrogens is 1250 g/mol. The van der Waals surface area contributed by atoms with Crippen molar-refractivity contribution in [2.24, 2.45) is 0 Å². The number of anilines is 1. The van der Waals surface area contributed by atoms with Crippen LogP contribution >= 0.6 is 0 Å². The molecule has 1 aliphatic heterocycles. The van der Waals surface area contributed by atoms with Gasteiger partial charge in [-0.15, -0.1) is 0 Å².